The molecule has 18 heavy (non-hydrogen) atoms. The van der Waals surface area contributed by atoms with Crippen LogP contribution >= 0.6 is 0 Å². The lowest BCUT2D eigenvalue weighted by molar-refractivity contribution is -0.304. The van der Waals surface area contributed by atoms with Crippen molar-refractivity contribution >= 4 is 5.97 Å². The van der Waals surface area contributed by atoms with Crippen molar-refractivity contribution in [3.63, 3.8) is 0 Å². The van der Waals surface area contributed by atoms with Crippen molar-refractivity contribution < 1.29 is 34.7 Å². The average Bonchev–Trinajstić information content (AvgIpc) is 2.31. The van der Waals surface area contributed by atoms with Crippen LogP contribution in [0.5, 0.6) is 0 Å². The van der Waals surface area contributed by atoms with Crippen LogP contribution in [-0.4, -0.2) is 63.2 Å². The van der Waals surface area contributed by atoms with Gasteiger partial charge in [-0.15, -0.1) is 0 Å². The molecule has 0 aliphatic carbocycles. The van der Waals surface area contributed by atoms with Crippen LogP contribution in [-0.2, 0) is 14.3 Å². The fourth-order valence-corrected chi connectivity index (χ4v) is 1.80. The standard InChI is InChI=1S/C11H20O7/c1-3-6(4-7(12)13)18-11-10(16)9(15)8(14)5(2)17-11/h5-6,8-11,14-16H,3-4H2,1-2H3,(H,12,13)/t5?,6-,8-,9-,10?,11-/m0/s1. The molecule has 1 rings (SSSR count). The Kier molecular flexibility index (Phi) is 5.48. The van der Waals surface area contributed by atoms with E-state index < -0.39 is 42.8 Å². The molecule has 1 aliphatic heterocycles. The molecule has 0 aromatic heterocycles. The Morgan fingerprint density at radius 1 is 1.28 bits per heavy atom. The van der Waals surface area contributed by atoms with Crippen molar-refractivity contribution in [2.24, 2.45) is 0 Å². The highest BCUT2D eigenvalue weighted by Gasteiger charge is 2.43. The first-order valence-corrected chi connectivity index (χ1v) is 5.93. The van der Waals surface area contributed by atoms with Gasteiger partial charge in [-0.1, -0.05) is 6.92 Å². The Morgan fingerprint density at radius 3 is 2.39 bits per heavy atom. The van der Waals surface area contributed by atoms with Crippen LogP contribution in [0, 0.1) is 0 Å². The Morgan fingerprint density at radius 2 is 1.89 bits per heavy atom. The van der Waals surface area contributed by atoms with Gasteiger partial charge in [-0.05, 0) is 13.3 Å². The molecule has 7 heteroatoms. The summed E-state index contributed by atoms with van der Waals surface area (Å²) in [6.45, 7) is 3.28. The summed E-state index contributed by atoms with van der Waals surface area (Å²) in [5.74, 6) is -1.01. The highest BCUT2D eigenvalue weighted by Crippen LogP contribution is 2.23. The van der Waals surface area contributed by atoms with Crippen molar-refractivity contribution in [2.75, 3.05) is 0 Å². The molecule has 1 fully saturated rings. The number of aliphatic hydroxyl groups excluding tert-OH is 3. The van der Waals surface area contributed by atoms with Crippen LogP contribution in [0.25, 0.3) is 0 Å². The molecule has 0 radical (unpaired) electrons. The SMILES string of the molecule is CC[C@@H](CC(=O)O)O[C@@H]1OC(C)[C@H](O)[C@H](O)C1O. The molecule has 1 aliphatic rings. The summed E-state index contributed by atoms with van der Waals surface area (Å²) < 4.78 is 10.5. The predicted octanol–water partition coefficient (Wildman–Crippen LogP) is -0.916. The third kappa shape index (κ3) is 3.63. The quantitative estimate of drug-likeness (QED) is 0.507. The maximum atomic E-state index is 10.6. The minimum Gasteiger partial charge on any atom is -0.481 e. The number of ether oxygens (including phenoxy) is 2. The summed E-state index contributed by atoms with van der Waals surface area (Å²) in [6.07, 6.45) is -6.20. The summed E-state index contributed by atoms with van der Waals surface area (Å²) in [7, 11) is 0. The van der Waals surface area contributed by atoms with E-state index in [1.807, 2.05) is 0 Å². The van der Waals surface area contributed by atoms with Crippen molar-refractivity contribution in [1.82, 2.24) is 0 Å². The first-order chi connectivity index (χ1) is 8.36. The predicted molar refractivity (Wildman–Crippen MR) is 59.8 cm³/mol. The van der Waals surface area contributed by atoms with Gasteiger partial charge in [0.15, 0.2) is 6.29 Å². The fraction of sp³-hybridized carbons (Fsp3) is 0.909. The number of hydrogen-bond acceptors (Lipinski definition) is 6. The minimum absolute atomic E-state index is 0.212. The minimum atomic E-state index is -1.40. The number of aliphatic hydroxyl groups is 3. The zero-order chi connectivity index (χ0) is 13.9. The molecule has 2 unspecified atom stereocenters. The van der Waals surface area contributed by atoms with Gasteiger partial charge in [0.05, 0.1) is 18.6 Å². The lowest BCUT2D eigenvalue weighted by Crippen LogP contribution is -2.58. The van der Waals surface area contributed by atoms with Crippen LogP contribution in [0.4, 0.5) is 0 Å². The lowest BCUT2D eigenvalue weighted by Gasteiger charge is -2.40. The Bertz CT molecular complexity index is 283. The highest BCUT2D eigenvalue weighted by molar-refractivity contribution is 5.67. The van der Waals surface area contributed by atoms with E-state index in [1.165, 1.54) is 6.92 Å². The normalized spacial score (nSPS) is 38.4. The molecule has 0 amide bonds. The van der Waals surface area contributed by atoms with Crippen molar-refractivity contribution in [1.29, 1.82) is 0 Å². The molecule has 106 valence electrons. The third-order valence-corrected chi connectivity index (χ3v) is 2.99. The highest BCUT2D eigenvalue weighted by atomic mass is 16.7. The third-order valence-electron chi connectivity index (χ3n) is 2.99. The van der Waals surface area contributed by atoms with E-state index in [1.54, 1.807) is 6.92 Å². The van der Waals surface area contributed by atoms with E-state index in [-0.39, 0.29) is 6.42 Å². The fourth-order valence-electron chi connectivity index (χ4n) is 1.80. The summed E-state index contributed by atoms with van der Waals surface area (Å²) in [4.78, 5) is 10.6. The molecule has 0 bridgehead atoms. The molecule has 1 saturated heterocycles. The topological polar surface area (TPSA) is 116 Å². The molecule has 0 aromatic carbocycles. The Labute approximate surface area is 105 Å². The molecule has 4 N–H and O–H groups in total. The first kappa shape index (κ1) is 15.3. The second-order valence-electron chi connectivity index (χ2n) is 4.45. The summed E-state index contributed by atoms with van der Waals surface area (Å²) in [6, 6.07) is 0. The van der Waals surface area contributed by atoms with Crippen molar-refractivity contribution in [3.8, 4) is 0 Å². The maximum absolute atomic E-state index is 10.6. The lowest BCUT2D eigenvalue weighted by atomic mass is 10.00. The van der Waals surface area contributed by atoms with Gasteiger partial charge < -0.3 is 29.9 Å². The molecule has 0 saturated carbocycles. The van der Waals surface area contributed by atoms with E-state index in [0.29, 0.717) is 6.42 Å². The van der Waals surface area contributed by atoms with Crippen LogP contribution < -0.4 is 0 Å². The average molecular weight is 264 g/mol. The number of rotatable bonds is 5. The number of carboxylic acid groups (broad SMARTS) is 1. The zero-order valence-corrected chi connectivity index (χ0v) is 10.4. The summed E-state index contributed by atoms with van der Waals surface area (Å²) in [5, 5.41) is 37.4. The maximum Gasteiger partial charge on any atom is 0.305 e. The monoisotopic (exact) mass is 264 g/mol. The van der Waals surface area contributed by atoms with E-state index in [4.69, 9.17) is 14.6 Å². The second kappa shape index (κ2) is 6.44. The van der Waals surface area contributed by atoms with Crippen molar-refractivity contribution in [3.05, 3.63) is 0 Å². The van der Waals surface area contributed by atoms with Gasteiger partial charge in [-0.25, -0.2) is 0 Å². The van der Waals surface area contributed by atoms with E-state index >= 15 is 0 Å². The zero-order valence-electron chi connectivity index (χ0n) is 10.4. The molecular weight excluding hydrogens is 244 g/mol. The van der Waals surface area contributed by atoms with Crippen LogP contribution in [0.2, 0.25) is 0 Å². The van der Waals surface area contributed by atoms with Gasteiger partial charge in [0.25, 0.3) is 0 Å². The van der Waals surface area contributed by atoms with Crippen LogP contribution in [0.3, 0.4) is 0 Å². The number of aliphatic carboxylic acids is 1. The number of hydrogen-bond donors (Lipinski definition) is 4. The summed E-state index contributed by atoms with van der Waals surface area (Å²) >= 11 is 0. The van der Waals surface area contributed by atoms with E-state index in [9.17, 15) is 20.1 Å². The molecule has 7 nitrogen and oxygen atoms in total. The number of carbonyl (C=O) groups is 1. The largest absolute Gasteiger partial charge is 0.481 e. The molecular formula is C11H20O7. The van der Waals surface area contributed by atoms with Gasteiger partial charge in [-0.2, -0.15) is 0 Å². The smallest absolute Gasteiger partial charge is 0.305 e. The molecule has 1 heterocycles. The second-order valence-corrected chi connectivity index (χ2v) is 4.45. The van der Waals surface area contributed by atoms with Gasteiger partial charge >= 0.3 is 5.97 Å². The molecule has 6 atom stereocenters. The molecule has 0 spiro atoms. The van der Waals surface area contributed by atoms with Crippen LogP contribution in [0.1, 0.15) is 26.7 Å². The van der Waals surface area contributed by atoms with E-state index in [2.05, 4.69) is 0 Å². The summed E-state index contributed by atoms with van der Waals surface area (Å²) in [5.41, 5.74) is 0. The van der Waals surface area contributed by atoms with Crippen LogP contribution in [0.15, 0.2) is 0 Å². The Hall–Kier alpha value is -0.730. The van der Waals surface area contributed by atoms with Gasteiger partial charge in [0.1, 0.15) is 18.3 Å². The first-order valence-electron chi connectivity index (χ1n) is 5.93. The molecule has 0 aromatic rings. The Balaban J connectivity index is 2.62. The number of carboxylic acids is 1. The van der Waals surface area contributed by atoms with E-state index in [0.717, 1.165) is 0 Å². The van der Waals surface area contributed by atoms with Gasteiger partial charge in [0.2, 0.25) is 0 Å². The van der Waals surface area contributed by atoms with Gasteiger partial charge in [-0.3, -0.25) is 4.79 Å². The van der Waals surface area contributed by atoms with Crippen molar-refractivity contribution in [2.45, 2.75) is 63.5 Å². The van der Waals surface area contributed by atoms with Gasteiger partial charge in [0, 0.05) is 0 Å².